The number of aromatic nitrogens is 1. The highest BCUT2D eigenvalue weighted by Gasteiger charge is 2.34. The van der Waals surface area contributed by atoms with E-state index in [0.717, 1.165) is 22.0 Å². The Labute approximate surface area is 293 Å². The summed E-state index contributed by atoms with van der Waals surface area (Å²) in [6.45, 7) is 2.93. The number of fused-ring (bicyclic) bond motifs is 1. The van der Waals surface area contributed by atoms with E-state index in [0.29, 0.717) is 11.3 Å². The summed E-state index contributed by atoms with van der Waals surface area (Å²) in [7, 11) is 0. The van der Waals surface area contributed by atoms with Crippen LogP contribution in [0.5, 0.6) is 0 Å². The average Bonchev–Trinajstić information content (AvgIpc) is 3.48. The predicted octanol–water partition coefficient (Wildman–Crippen LogP) is -0.787. The Morgan fingerprint density at radius 2 is 1.61 bits per heavy atom. The Bertz CT molecular complexity index is 1820. The van der Waals surface area contributed by atoms with Gasteiger partial charge in [-0.05, 0) is 42.0 Å². The van der Waals surface area contributed by atoms with Gasteiger partial charge in [0.15, 0.2) is 5.96 Å². The molecule has 0 spiro atoms. The molecule has 272 valence electrons. The van der Waals surface area contributed by atoms with Gasteiger partial charge in [-0.2, -0.15) is 0 Å². The number of para-hydroxylation sites is 1. The minimum Gasteiger partial charge on any atom is -0.481 e. The summed E-state index contributed by atoms with van der Waals surface area (Å²) in [5, 5.41) is 23.0. The lowest BCUT2D eigenvalue weighted by molar-refractivity contribution is -0.141. The summed E-state index contributed by atoms with van der Waals surface area (Å²) in [5.41, 5.74) is 20.5. The molecule has 0 radical (unpaired) electrons. The van der Waals surface area contributed by atoms with Crippen molar-refractivity contribution >= 4 is 58.1 Å². The standard InChI is InChI=1S/C34H44N10O7/c1-17(2)28-33(51)42-23(10-5-11-38-34(36)37)30(48)40-16-26(45)41-25(14-27(46)47)31(49)43-24(32(50)44-28)13-19-15-39-29-21(8-4-9-22(19)29)18-6-3-7-20(35)12-18/h3-4,6-9,12,15,17,23-25,28,39H,5,10-11,13-14,16,35H2,1-2H3,(H,40,48)(H,41,45)(H,42,51)(H,43,49)(H,44,50)(H,46,47)(H4,36,37,38)/t23-,24+,25-,28-/m0/s1. The maximum absolute atomic E-state index is 14.0. The molecule has 1 saturated heterocycles. The number of guanidine groups is 1. The van der Waals surface area contributed by atoms with E-state index in [9.17, 15) is 33.9 Å². The Morgan fingerprint density at radius 3 is 2.29 bits per heavy atom. The van der Waals surface area contributed by atoms with Crippen LogP contribution in [0.3, 0.4) is 0 Å². The Morgan fingerprint density at radius 1 is 0.902 bits per heavy atom. The number of nitrogens with zero attached hydrogens (tertiary/aromatic N) is 1. The van der Waals surface area contributed by atoms with E-state index in [-0.39, 0.29) is 31.8 Å². The SMILES string of the molecule is CC(C)[C@@H]1NC(=O)[C@@H](Cc2c[nH]c3c(-c4cccc(N)c4)cccc23)NC(=O)[C@H](CC(=O)O)NC(=O)CNC(=O)[C@H](CCCN=C(N)N)NC1=O. The fourth-order valence-electron chi connectivity index (χ4n) is 5.77. The highest BCUT2D eigenvalue weighted by molar-refractivity contribution is 6.00. The number of benzene rings is 2. The first-order valence-electron chi connectivity index (χ1n) is 16.4. The zero-order chi connectivity index (χ0) is 37.2. The average molecular weight is 705 g/mol. The second-order valence-corrected chi connectivity index (χ2v) is 12.6. The molecule has 17 heteroatoms. The van der Waals surface area contributed by atoms with Crippen molar-refractivity contribution in [2.24, 2.45) is 22.4 Å². The van der Waals surface area contributed by atoms with Crippen LogP contribution in [0, 0.1) is 5.92 Å². The van der Waals surface area contributed by atoms with Gasteiger partial charge >= 0.3 is 5.97 Å². The number of aliphatic carboxylic acids is 1. The first-order valence-corrected chi connectivity index (χ1v) is 16.4. The van der Waals surface area contributed by atoms with Gasteiger partial charge in [-0.3, -0.25) is 33.8 Å². The van der Waals surface area contributed by atoms with Crippen molar-refractivity contribution in [2.45, 2.75) is 63.7 Å². The molecule has 0 saturated carbocycles. The molecule has 1 fully saturated rings. The second kappa shape index (κ2) is 17.0. The van der Waals surface area contributed by atoms with Gasteiger partial charge in [-0.1, -0.05) is 44.2 Å². The number of nitrogen functional groups attached to an aromatic ring is 1. The van der Waals surface area contributed by atoms with Gasteiger partial charge in [0.2, 0.25) is 29.5 Å². The summed E-state index contributed by atoms with van der Waals surface area (Å²) in [6, 6.07) is 7.72. The van der Waals surface area contributed by atoms with Crippen LogP contribution in [0.4, 0.5) is 5.69 Å². The zero-order valence-electron chi connectivity index (χ0n) is 28.3. The molecular weight excluding hydrogens is 660 g/mol. The van der Waals surface area contributed by atoms with Crippen molar-refractivity contribution in [3.05, 3.63) is 54.2 Å². The fourth-order valence-corrected chi connectivity index (χ4v) is 5.77. The molecule has 2 heterocycles. The normalized spacial score (nSPS) is 20.6. The van der Waals surface area contributed by atoms with E-state index >= 15 is 0 Å². The lowest BCUT2D eigenvalue weighted by Gasteiger charge is -2.27. The number of anilines is 1. The largest absolute Gasteiger partial charge is 0.481 e. The zero-order valence-corrected chi connectivity index (χ0v) is 28.3. The van der Waals surface area contributed by atoms with Crippen molar-refractivity contribution in [1.82, 2.24) is 31.6 Å². The van der Waals surface area contributed by atoms with Gasteiger partial charge in [0.25, 0.3) is 0 Å². The summed E-state index contributed by atoms with van der Waals surface area (Å²) >= 11 is 0. The number of amides is 5. The highest BCUT2D eigenvalue weighted by Crippen LogP contribution is 2.31. The van der Waals surface area contributed by atoms with Crippen molar-refractivity contribution < 1.29 is 33.9 Å². The van der Waals surface area contributed by atoms with Crippen LogP contribution >= 0.6 is 0 Å². The molecule has 1 aliphatic heterocycles. The number of carboxylic acids is 1. The van der Waals surface area contributed by atoms with Crippen LogP contribution in [0.1, 0.15) is 38.7 Å². The molecule has 3 aromatic rings. The topological polar surface area (TPSA) is 289 Å². The lowest BCUT2D eigenvalue weighted by atomic mass is 9.98. The van der Waals surface area contributed by atoms with E-state index in [1.165, 1.54) is 0 Å². The number of carbonyl (C=O) groups excluding carboxylic acids is 5. The van der Waals surface area contributed by atoms with E-state index in [1.54, 1.807) is 26.1 Å². The van der Waals surface area contributed by atoms with E-state index in [4.69, 9.17) is 17.2 Å². The number of nitrogens with one attached hydrogen (secondary N) is 6. The molecule has 2 aromatic carbocycles. The molecule has 1 aromatic heterocycles. The number of hydrogen-bond acceptors (Lipinski definition) is 8. The Kier molecular flexibility index (Phi) is 12.6. The molecule has 13 N–H and O–H groups in total. The minimum atomic E-state index is -1.60. The molecule has 17 nitrogen and oxygen atoms in total. The molecule has 0 bridgehead atoms. The number of hydrogen-bond donors (Lipinski definition) is 10. The molecule has 0 aliphatic carbocycles. The van der Waals surface area contributed by atoms with Gasteiger partial charge in [0.1, 0.15) is 24.2 Å². The summed E-state index contributed by atoms with van der Waals surface area (Å²) in [6.07, 6.45) is 1.18. The first-order chi connectivity index (χ1) is 24.2. The number of carbonyl (C=O) groups is 6. The number of aromatic amines is 1. The smallest absolute Gasteiger partial charge is 0.305 e. The molecule has 4 atom stereocenters. The molecule has 5 amide bonds. The highest BCUT2D eigenvalue weighted by atomic mass is 16.4. The van der Waals surface area contributed by atoms with Crippen molar-refractivity contribution in [1.29, 1.82) is 0 Å². The molecule has 4 rings (SSSR count). The van der Waals surface area contributed by atoms with Crippen molar-refractivity contribution in [3.8, 4) is 11.1 Å². The maximum Gasteiger partial charge on any atom is 0.305 e. The number of nitrogens with two attached hydrogens (primary N) is 3. The predicted molar refractivity (Wildman–Crippen MR) is 190 cm³/mol. The van der Waals surface area contributed by atoms with Crippen LogP contribution < -0.4 is 43.8 Å². The maximum atomic E-state index is 14.0. The molecule has 51 heavy (non-hydrogen) atoms. The Hall–Kier alpha value is -6.13. The number of aliphatic imine (C=N–C) groups is 1. The molecule has 1 aliphatic rings. The van der Waals surface area contributed by atoms with E-state index in [2.05, 4.69) is 36.6 Å². The van der Waals surface area contributed by atoms with Crippen molar-refractivity contribution in [2.75, 3.05) is 18.8 Å². The lowest BCUT2D eigenvalue weighted by Crippen LogP contribution is -2.59. The molecule has 0 unspecified atom stereocenters. The monoisotopic (exact) mass is 704 g/mol. The molecular formula is C34H44N10O7. The third kappa shape index (κ3) is 10.2. The second-order valence-electron chi connectivity index (χ2n) is 12.6. The number of carboxylic acid groups (broad SMARTS) is 1. The van der Waals surface area contributed by atoms with Gasteiger partial charge in [-0.25, -0.2) is 0 Å². The summed E-state index contributed by atoms with van der Waals surface area (Å²) in [5.74, 6) is -5.96. The van der Waals surface area contributed by atoms with Crippen LogP contribution in [0.2, 0.25) is 0 Å². The van der Waals surface area contributed by atoms with Crippen LogP contribution in [0.25, 0.3) is 22.0 Å². The van der Waals surface area contributed by atoms with Crippen LogP contribution in [-0.2, 0) is 35.2 Å². The van der Waals surface area contributed by atoms with Gasteiger partial charge < -0.3 is 53.9 Å². The quantitative estimate of drug-likeness (QED) is 0.0543. The summed E-state index contributed by atoms with van der Waals surface area (Å²) in [4.78, 5) is 86.0. The van der Waals surface area contributed by atoms with Gasteiger partial charge in [0, 0.05) is 35.8 Å². The summed E-state index contributed by atoms with van der Waals surface area (Å²) < 4.78 is 0. The van der Waals surface area contributed by atoms with Crippen molar-refractivity contribution in [3.63, 3.8) is 0 Å². The Balaban J connectivity index is 1.70. The number of rotatable bonds is 10. The van der Waals surface area contributed by atoms with Gasteiger partial charge in [-0.15, -0.1) is 0 Å². The van der Waals surface area contributed by atoms with Crippen LogP contribution in [-0.4, -0.2) is 88.8 Å². The minimum absolute atomic E-state index is 0.0778. The van der Waals surface area contributed by atoms with Gasteiger partial charge in [0.05, 0.1) is 18.5 Å². The van der Waals surface area contributed by atoms with E-state index in [1.807, 2.05) is 36.4 Å². The van der Waals surface area contributed by atoms with E-state index < -0.39 is 78.6 Å². The first kappa shape index (κ1) is 37.7. The number of H-pyrrole nitrogens is 1. The third-order valence-electron chi connectivity index (χ3n) is 8.33. The van der Waals surface area contributed by atoms with Crippen LogP contribution in [0.15, 0.2) is 53.7 Å². The third-order valence-corrected chi connectivity index (χ3v) is 8.33. The fraction of sp³-hybridized carbons (Fsp3) is 0.382.